The number of hydrogen-bond donors (Lipinski definition) is 1. The van der Waals surface area contributed by atoms with E-state index in [1.165, 1.54) is 28.9 Å². The van der Waals surface area contributed by atoms with Crippen molar-refractivity contribution in [2.24, 2.45) is 0 Å². The van der Waals surface area contributed by atoms with Crippen molar-refractivity contribution in [1.82, 2.24) is 9.59 Å². The third-order valence-corrected chi connectivity index (χ3v) is 4.14. The summed E-state index contributed by atoms with van der Waals surface area (Å²) in [5.74, 6) is -0.252. The van der Waals surface area contributed by atoms with E-state index in [0.29, 0.717) is 5.75 Å². The third-order valence-electron chi connectivity index (χ3n) is 2.28. The molecule has 0 fully saturated rings. The molecule has 6 heteroatoms. The maximum atomic E-state index is 10.5. The molecule has 0 bridgehead atoms. The maximum absolute atomic E-state index is 10.5. The van der Waals surface area contributed by atoms with Crippen molar-refractivity contribution in [3.05, 3.63) is 40.8 Å². The molecule has 0 spiro atoms. The van der Waals surface area contributed by atoms with Crippen molar-refractivity contribution >= 4 is 29.3 Å². The van der Waals surface area contributed by atoms with E-state index >= 15 is 0 Å². The molecule has 0 aliphatic heterocycles. The second-order valence-corrected chi connectivity index (χ2v) is 5.58. The summed E-state index contributed by atoms with van der Waals surface area (Å²) in [6.07, 6.45) is 0.945. The van der Waals surface area contributed by atoms with Crippen molar-refractivity contribution < 1.29 is 9.90 Å². The Morgan fingerprint density at radius 1 is 1.33 bits per heavy atom. The summed E-state index contributed by atoms with van der Waals surface area (Å²) in [5.41, 5.74) is 1.21. The van der Waals surface area contributed by atoms with Gasteiger partial charge in [0.2, 0.25) is 0 Å². The average molecular weight is 280 g/mol. The first kappa shape index (κ1) is 13.0. The van der Waals surface area contributed by atoms with Crippen LogP contribution in [0.25, 0.3) is 0 Å². The van der Waals surface area contributed by atoms with Crippen molar-refractivity contribution in [3.63, 3.8) is 0 Å². The molecule has 0 saturated carbocycles. The molecule has 1 heterocycles. The fraction of sp³-hybridized carbons (Fsp3) is 0.250. The number of nitrogens with zero attached hydrogens (tertiary/aromatic N) is 2. The molecule has 0 unspecified atom stereocenters. The number of thioether (sulfide) groups is 1. The Morgan fingerprint density at radius 2 is 2.11 bits per heavy atom. The zero-order valence-corrected chi connectivity index (χ0v) is 11.2. The van der Waals surface area contributed by atoms with Crippen molar-refractivity contribution in [2.75, 3.05) is 5.75 Å². The van der Waals surface area contributed by atoms with E-state index in [4.69, 9.17) is 5.11 Å². The van der Waals surface area contributed by atoms with E-state index < -0.39 is 5.97 Å². The number of hydrogen-bond acceptors (Lipinski definition) is 5. The lowest BCUT2D eigenvalue weighted by Gasteiger charge is -2.00. The topological polar surface area (TPSA) is 63.1 Å². The smallest absolute Gasteiger partial charge is 0.304 e. The highest BCUT2D eigenvalue weighted by atomic mass is 32.2. The van der Waals surface area contributed by atoms with E-state index in [2.05, 4.69) is 21.7 Å². The molecule has 1 aromatic heterocycles. The van der Waals surface area contributed by atoms with Gasteiger partial charge in [0.15, 0.2) is 0 Å². The third kappa shape index (κ3) is 3.82. The van der Waals surface area contributed by atoms with Crippen LogP contribution in [0.3, 0.4) is 0 Å². The molecule has 0 amide bonds. The quantitative estimate of drug-likeness (QED) is 0.824. The summed E-state index contributed by atoms with van der Waals surface area (Å²) in [7, 11) is 0. The van der Waals surface area contributed by atoms with Gasteiger partial charge in [0.1, 0.15) is 5.03 Å². The molecular weight excluding hydrogens is 268 g/mol. The van der Waals surface area contributed by atoms with Gasteiger partial charge in [-0.3, -0.25) is 4.79 Å². The summed E-state index contributed by atoms with van der Waals surface area (Å²) >= 11 is 2.83. The molecule has 1 aromatic carbocycles. The Morgan fingerprint density at radius 3 is 2.83 bits per heavy atom. The Hall–Kier alpha value is -1.40. The molecule has 18 heavy (non-hydrogen) atoms. The highest BCUT2D eigenvalue weighted by Crippen LogP contribution is 2.25. The molecule has 94 valence electrons. The van der Waals surface area contributed by atoms with Gasteiger partial charge >= 0.3 is 5.97 Å². The Bertz CT molecular complexity index is 514. The minimum Gasteiger partial charge on any atom is -0.481 e. The second kappa shape index (κ2) is 6.51. The number of aliphatic carboxylic acids is 1. The van der Waals surface area contributed by atoms with E-state index in [-0.39, 0.29) is 6.42 Å². The Kier molecular flexibility index (Phi) is 4.72. The zero-order chi connectivity index (χ0) is 12.8. The van der Waals surface area contributed by atoms with Crippen molar-refractivity contribution in [1.29, 1.82) is 0 Å². The monoisotopic (exact) mass is 280 g/mol. The number of aromatic nitrogens is 2. The molecule has 2 rings (SSSR count). The Labute approximate surface area is 113 Å². The van der Waals surface area contributed by atoms with Crippen LogP contribution in [0.15, 0.2) is 35.4 Å². The number of carboxylic acid groups (broad SMARTS) is 1. The minimum absolute atomic E-state index is 0.146. The predicted octanol–water partition coefficient (Wildman–Crippen LogP) is 2.70. The van der Waals surface area contributed by atoms with Crippen LogP contribution in [0.2, 0.25) is 0 Å². The molecule has 0 saturated heterocycles. The predicted molar refractivity (Wildman–Crippen MR) is 72.1 cm³/mol. The second-order valence-electron chi connectivity index (χ2n) is 3.66. The molecule has 0 aliphatic rings. The van der Waals surface area contributed by atoms with Crippen LogP contribution in [-0.2, 0) is 11.2 Å². The van der Waals surface area contributed by atoms with Gasteiger partial charge < -0.3 is 5.11 Å². The van der Waals surface area contributed by atoms with Crippen LogP contribution in [0, 0.1) is 0 Å². The van der Waals surface area contributed by atoms with E-state index in [1.54, 1.807) is 0 Å². The highest BCUT2D eigenvalue weighted by molar-refractivity contribution is 7.99. The lowest BCUT2D eigenvalue weighted by Crippen LogP contribution is -1.96. The number of carboxylic acids is 1. The molecule has 2 aromatic rings. The molecule has 0 atom stereocenters. The number of rotatable bonds is 6. The van der Waals surface area contributed by atoms with Crippen LogP contribution >= 0.6 is 23.3 Å². The lowest BCUT2D eigenvalue weighted by atomic mass is 10.1. The fourth-order valence-corrected chi connectivity index (χ4v) is 3.15. The van der Waals surface area contributed by atoms with Gasteiger partial charge in [0, 0.05) is 12.2 Å². The van der Waals surface area contributed by atoms with Crippen LogP contribution < -0.4 is 0 Å². The van der Waals surface area contributed by atoms with Gasteiger partial charge in [-0.1, -0.05) is 34.8 Å². The summed E-state index contributed by atoms with van der Waals surface area (Å²) in [6, 6.07) is 10.1. The molecule has 0 radical (unpaired) electrons. The fourth-order valence-electron chi connectivity index (χ4n) is 1.44. The van der Waals surface area contributed by atoms with Gasteiger partial charge in [-0.05, 0) is 17.1 Å². The van der Waals surface area contributed by atoms with E-state index in [9.17, 15) is 4.79 Å². The molecule has 4 nitrogen and oxygen atoms in total. The normalized spacial score (nSPS) is 10.4. The van der Waals surface area contributed by atoms with E-state index in [0.717, 1.165) is 16.3 Å². The summed E-state index contributed by atoms with van der Waals surface area (Å²) in [4.78, 5) is 11.6. The number of benzene rings is 1. The average Bonchev–Trinajstić information content (AvgIpc) is 2.78. The maximum Gasteiger partial charge on any atom is 0.304 e. The largest absolute Gasteiger partial charge is 0.481 e. The number of carbonyl (C=O) groups is 1. The zero-order valence-electron chi connectivity index (χ0n) is 9.57. The van der Waals surface area contributed by atoms with E-state index in [1.807, 2.05) is 18.2 Å². The van der Waals surface area contributed by atoms with Gasteiger partial charge in [0.25, 0.3) is 0 Å². The first-order valence-electron chi connectivity index (χ1n) is 5.45. The first-order valence-corrected chi connectivity index (χ1v) is 7.21. The van der Waals surface area contributed by atoms with Gasteiger partial charge in [-0.15, -0.1) is 16.9 Å². The first-order chi connectivity index (χ1) is 8.75. The Balaban J connectivity index is 1.97. The van der Waals surface area contributed by atoms with Crippen LogP contribution in [0.5, 0.6) is 0 Å². The minimum atomic E-state index is -0.782. The van der Waals surface area contributed by atoms with Crippen LogP contribution in [0.1, 0.15) is 16.9 Å². The summed E-state index contributed by atoms with van der Waals surface area (Å²) in [5, 5.41) is 13.5. The SMILES string of the molecule is O=C(O)CCSc1nnsc1Cc1ccccc1. The molecule has 1 N–H and O–H groups in total. The van der Waals surface area contributed by atoms with Gasteiger partial charge in [-0.2, -0.15) is 0 Å². The van der Waals surface area contributed by atoms with Crippen molar-refractivity contribution in [2.45, 2.75) is 17.9 Å². The van der Waals surface area contributed by atoms with Crippen molar-refractivity contribution in [3.8, 4) is 0 Å². The summed E-state index contributed by atoms with van der Waals surface area (Å²) < 4.78 is 3.94. The summed E-state index contributed by atoms with van der Waals surface area (Å²) in [6.45, 7) is 0. The van der Waals surface area contributed by atoms with Crippen LogP contribution in [0.4, 0.5) is 0 Å². The van der Waals surface area contributed by atoms with Gasteiger partial charge in [-0.25, -0.2) is 0 Å². The molecule has 0 aliphatic carbocycles. The van der Waals surface area contributed by atoms with Crippen LogP contribution in [-0.4, -0.2) is 26.4 Å². The lowest BCUT2D eigenvalue weighted by molar-refractivity contribution is -0.136. The standard InChI is InChI=1S/C12H12N2O2S2/c15-11(16)6-7-17-12-10(18-14-13-12)8-9-4-2-1-3-5-9/h1-5H,6-8H2,(H,15,16). The molecular formula is C12H12N2O2S2. The van der Waals surface area contributed by atoms with Gasteiger partial charge in [0.05, 0.1) is 11.3 Å². The highest BCUT2D eigenvalue weighted by Gasteiger charge is 2.10.